The molecule has 45 heavy (non-hydrogen) atoms. The molecule has 0 rings (SSSR count). The highest BCUT2D eigenvalue weighted by Crippen LogP contribution is 2.44. The van der Waals surface area contributed by atoms with Gasteiger partial charge in [0.2, 0.25) is 32.3 Å². The molecule has 0 amide bonds. The van der Waals surface area contributed by atoms with Gasteiger partial charge in [-0.1, -0.05) is 13.1 Å². The van der Waals surface area contributed by atoms with Gasteiger partial charge in [0.1, 0.15) is 0 Å². The fraction of sp³-hybridized carbons (Fsp3) is 1.00. The standard InChI is InChI=1S/C6H54O19Si20/c1-37(2)23-39(5,6)24-42(43(33-14,34-15)20-27-8,25-41(31-12,32-13)19-26-7)45(22-29-10,40(18,30-11)38(3)4)44(35-16,36-17)21-28-9/h7-18,37-38H,26-36H2,1-6H3. The summed E-state index contributed by atoms with van der Waals surface area (Å²) in [6.45, 7) is -7.69. The number of hydrogen-bond donors (Lipinski definition) is 12. The number of hydrogen-bond acceptors (Lipinski definition) is 19. The van der Waals surface area contributed by atoms with Crippen LogP contribution in [0, 0.1) is 0 Å². The van der Waals surface area contributed by atoms with Crippen molar-refractivity contribution < 1.29 is 86.4 Å². The van der Waals surface area contributed by atoms with Gasteiger partial charge >= 0.3 is 23.8 Å². The van der Waals surface area contributed by atoms with Gasteiger partial charge in [-0.15, -0.1) is 0 Å². The lowest BCUT2D eigenvalue weighted by Crippen LogP contribution is -3.06. The Labute approximate surface area is 296 Å². The van der Waals surface area contributed by atoms with Crippen LogP contribution >= 0.6 is 0 Å². The van der Waals surface area contributed by atoms with E-state index in [1.165, 1.54) is 0 Å². The fourth-order valence-electron chi connectivity index (χ4n) is 5.51. The average Bonchev–Trinajstić information content (AvgIpc) is 2.99. The molecule has 0 aromatic carbocycles. The highest BCUT2D eigenvalue weighted by atomic mass is 30.4. The molecule has 19 nitrogen and oxygen atoms in total. The summed E-state index contributed by atoms with van der Waals surface area (Å²) >= 11 is 0. The molecule has 3 unspecified atom stereocenters. The lowest BCUT2D eigenvalue weighted by atomic mass is 11.9. The molecule has 0 radical (unpaired) electrons. The predicted molar refractivity (Wildman–Crippen MR) is 218 cm³/mol. The molecular weight excluding hydrogens is 938 g/mol. The van der Waals surface area contributed by atoms with Gasteiger partial charge in [0.05, 0.1) is 8.31 Å². The summed E-state index contributed by atoms with van der Waals surface area (Å²) in [5, 5.41) is 0. The van der Waals surface area contributed by atoms with Crippen LogP contribution in [0.3, 0.4) is 0 Å². The first-order valence-corrected chi connectivity index (χ1v) is 64.6. The van der Waals surface area contributed by atoms with Crippen LogP contribution in [0.1, 0.15) is 0 Å². The quantitative estimate of drug-likeness (QED) is 0.0358. The van der Waals surface area contributed by atoms with Gasteiger partial charge in [-0.2, -0.15) is 0 Å². The Balaban J connectivity index is 9.44. The zero-order chi connectivity index (χ0) is 35.4. The molecule has 0 saturated heterocycles. The van der Waals surface area contributed by atoms with E-state index in [-0.39, 0.29) is 0 Å². The van der Waals surface area contributed by atoms with Crippen LogP contribution in [0.25, 0.3) is 0 Å². The van der Waals surface area contributed by atoms with E-state index < -0.39 is 174 Å². The maximum absolute atomic E-state index is 13.1. The van der Waals surface area contributed by atoms with Gasteiger partial charge in [0.25, 0.3) is 53.8 Å². The molecule has 0 aliphatic heterocycles. The van der Waals surface area contributed by atoms with Crippen LogP contribution in [0.5, 0.6) is 0 Å². The molecular formula is C6H54O19Si20. The van der Waals surface area contributed by atoms with Gasteiger partial charge < -0.3 is 86.4 Å². The molecule has 0 aliphatic rings. The lowest BCUT2D eigenvalue weighted by Gasteiger charge is -2.64. The Kier molecular flexibility index (Phi) is 23.0. The third kappa shape index (κ3) is 9.97. The molecule has 0 fully saturated rings. The molecule has 0 aromatic heterocycles. The van der Waals surface area contributed by atoms with Crippen molar-refractivity contribution in [3.8, 4) is 0 Å². The van der Waals surface area contributed by atoms with Crippen molar-refractivity contribution in [3.63, 3.8) is 0 Å². The van der Waals surface area contributed by atoms with Crippen molar-refractivity contribution in [3.05, 3.63) is 0 Å². The minimum atomic E-state index is -5.17. The van der Waals surface area contributed by atoms with Crippen LogP contribution in [0.2, 0.25) is 39.3 Å². The second kappa shape index (κ2) is 21.3. The van der Waals surface area contributed by atoms with E-state index in [1.807, 2.05) is 13.1 Å². The Morgan fingerprint density at radius 2 is 0.933 bits per heavy atom. The molecule has 0 bridgehead atoms. The Morgan fingerprint density at radius 1 is 0.511 bits per heavy atom. The first-order chi connectivity index (χ1) is 20.9. The molecule has 0 saturated carbocycles. The van der Waals surface area contributed by atoms with Crippen molar-refractivity contribution in [1.82, 2.24) is 0 Å². The molecule has 39 heteroatoms. The minimum absolute atomic E-state index is 1.65. The van der Waals surface area contributed by atoms with E-state index in [1.54, 1.807) is 26.2 Å². The fourth-order valence-corrected chi connectivity index (χ4v) is 364. The average molecular weight is 992 g/mol. The highest BCUT2D eigenvalue weighted by molar-refractivity contribution is 8.16. The van der Waals surface area contributed by atoms with Crippen molar-refractivity contribution in [2.45, 2.75) is 39.3 Å². The SMILES string of the molecule is C[SiH](C)O[Si](C)(C)O[Si](O[Si](O[SiH2]O)([SiH2]O)[SiH2]O)([Si](O[SiH2]O)([SiH2]O)[SiH2]O)[Si](O[SiH2]O)([Si](O[SiH2]O)([SiH2]O)[SiH2]O)[Si](O)([SiH2]O)[SiH](C)C. The van der Waals surface area contributed by atoms with E-state index in [2.05, 4.69) is 0 Å². The predicted octanol–water partition coefficient (Wildman–Crippen LogP) is -17.7. The topological polar surface area (TPSA) is 307 Å². The molecule has 0 heterocycles. The second-order valence-corrected chi connectivity index (χ2v) is 124. The monoisotopic (exact) mass is 990 g/mol. The molecule has 0 aromatic rings. The van der Waals surface area contributed by atoms with Crippen molar-refractivity contribution in [2.24, 2.45) is 0 Å². The maximum Gasteiger partial charge on any atom is 0.338 e. The van der Waals surface area contributed by atoms with Crippen molar-refractivity contribution in [2.75, 3.05) is 0 Å². The van der Waals surface area contributed by atoms with Crippen LogP contribution in [-0.4, -0.2) is 231 Å². The minimum Gasteiger partial charge on any atom is -0.441 e. The molecule has 0 aliphatic carbocycles. The van der Waals surface area contributed by atoms with Crippen LogP contribution < -0.4 is 0 Å². The van der Waals surface area contributed by atoms with Gasteiger partial charge in [0, 0.05) is 0 Å². The normalized spacial score (nSPS) is 24.0. The highest BCUT2D eigenvalue weighted by Gasteiger charge is 2.90. The zero-order valence-corrected chi connectivity index (χ0v) is 51.5. The van der Waals surface area contributed by atoms with Crippen molar-refractivity contribution >= 4 is 174 Å². The third-order valence-corrected chi connectivity index (χ3v) is 215. The molecule has 3 atom stereocenters. The summed E-state index contributed by atoms with van der Waals surface area (Å²) in [4.78, 5) is 134. The largest absolute Gasteiger partial charge is 0.441 e. The van der Waals surface area contributed by atoms with Crippen LogP contribution in [0.4, 0.5) is 0 Å². The van der Waals surface area contributed by atoms with Gasteiger partial charge in [0.15, 0.2) is 55.4 Å². The second-order valence-electron chi connectivity index (χ2n) is 11.2. The zero-order valence-electron chi connectivity index (χ0n) is 26.7. The van der Waals surface area contributed by atoms with Gasteiger partial charge in [-0.25, -0.2) is 0 Å². The van der Waals surface area contributed by atoms with Crippen molar-refractivity contribution in [1.29, 1.82) is 0 Å². The summed E-state index contributed by atoms with van der Waals surface area (Å²) in [6.07, 6.45) is 0. The van der Waals surface area contributed by atoms with E-state index in [0.29, 0.717) is 0 Å². The number of rotatable bonds is 26. The molecule has 272 valence electrons. The van der Waals surface area contributed by atoms with Gasteiger partial charge in [-0.3, -0.25) is 0 Å². The first kappa shape index (κ1) is 48.6. The van der Waals surface area contributed by atoms with Gasteiger partial charge in [-0.05, 0) is 26.2 Å². The van der Waals surface area contributed by atoms with Crippen LogP contribution in [-0.2, 0) is 28.8 Å². The van der Waals surface area contributed by atoms with E-state index in [9.17, 15) is 57.5 Å². The third-order valence-electron chi connectivity index (χ3n) is 7.54. The van der Waals surface area contributed by atoms with E-state index in [4.69, 9.17) is 28.8 Å². The maximum atomic E-state index is 13.1. The first-order valence-electron chi connectivity index (χ1n) is 14.0. The summed E-state index contributed by atoms with van der Waals surface area (Å²) in [6, 6.07) is 0. The summed E-state index contributed by atoms with van der Waals surface area (Å²) in [5.74, 6) is 0. The van der Waals surface area contributed by atoms with Crippen LogP contribution in [0.15, 0.2) is 0 Å². The Hall–Kier alpha value is 3.58. The summed E-state index contributed by atoms with van der Waals surface area (Å²) in [7, 11) is -45.7. The summed E-state index contributed by atoms with van der Waals surface area (Å²) < 4.78 is 45.2. The molecule has 0 spiro atoms. The lowest BCUT2D eigenvalue weighted by molar-refractivity contribution is 0.310. The van der Waals surface area contributed by atoms with E-state index in [0.717, 1.165) is 0 Å². The summed E-state index contributed by atoms with van der Waals surface area (Å²) in [5.41, 5.74) is 0. The molecule has 12 N–H and O–H groups in total. The van der Waals surface area contributed by atoms with E-state index >= 15 is 0 Å². The Morgan fingerprint density at radius 3 is 1.24 bits per heavy atom. The smallest absolute Gasteiger partial charge is 0.338 e. The Bertz CT molecular complexity index is 836.